The minimum absolute atomic E-state index is 0.144. The van der Waals surface area contributed by atoms with Crippen molar-refractivity contribution >= 4 is 12.1 Å². The fourth-order valence-electron chi connectivity index (χ4n) is 1.83. The topological polar surface area (TPSA) is 41.5 Å². The number of hydrogen-bond acceptors (Lipinski definition) is 2. The number of nitrogens with one attached hydrogen (secondary N) is 1. The first kappa shape index (κ1) is 14.4. The quantitative estimate of drug-likeness (QED) is 0.627. The van der Waals surface area contributed by atoms with Gasteiger partial charge in [-0.05, 0) is 44.2 Å². The zero-order valence-electron chi connectivity index (χ0n) is 11.7. The second-order valence-corrected chi connectivity index (χ2v) is 4.61. The molecule has 0 heterocycles. The zero-order chi connectivity index (χ0) is 13.5. The molecule has 1 aromatic carbocycles. The van der Waals surface area contributed by atoms with Crippen LogP contribution in [0.2, 0.25) is 0 Å². The Morgan fingerprint density at radius 1 is 1.33 bits per heavy atom. The number of hydrazone groups is 1. The molecular weight excluding hydrogens is 224 g/mol. The Labute approximate surface area is 109 Å². The van der Waals surface area contributed by atoms with Crippen molar-refractivity contribution in [2.45, 2.75) is 40.5 Å². The maximum atomic E-state index is 11.9. The van der Waals surface area contributed by atoms with Crippen LogP contribution in [0.4, 0.5) is 0 Å². The fourth-order valence-corrected chi connectivity index (χ4v) is 1.83. The second-order valence-electron chi connectivity index (χ2n) is 4.61. The SMILES string of the molecule is CCC(C=NNC(=O)c1ccc(C)cc1C)CC. The molecule has 0 radical (unpaired) electrons. The maximum absolute atomic E-state index is 11.9. The van der Waals surface area contributed by atoms with Gasteiger partial charge in [-0.15, -0.1) is 0 Å². The summed E-state index contributed by atoms with van der Waals surface area (Å²) >= 11 is 0. The van der Waals surface area contributed by atoms with Crippen LogP contribution in [0.15, 0.2) is 23.3 Å². The summed E-state index contributed by atoms with van der Waals surface area (Å²) in [7, 11) is 0. The van der Waals surface area contributed by atoms with Crippen LogP contribution in [0.1, 0.15) is 48.2 Å². The summed E-state index contributed by atoms with van der Waals surface area (Å²) in [6.07, 6.45) is 3.90. The van der Waals surface area contributed by atoms with Crippen molar-refractivity contribution in [2.75, 3.05) is 0 Å². The van der Waals surface area contributed by atoms with Gasteiger partial charge in [-0.1, -0.05) is 31.5 Å². The first-order chi connectivity index (χ1) is 8.58. The minimum Gasteiger partial charge on any atom is -0.267 e. The summed E-state index contributed by atoms with van der Waals surface area (Å²) in [5, 5.41) is 4.03. The number of hydrogen-bond donors (Lipinski definition) is 1. The third kappa shape index (κ3) is 3.99. The van der Waals surface area contributed by atoms with Crippen molar-refractivity contribution in [1.82, 2.24) is 5.43 Å². The van der Waals surface area contributed by atoms with Gasteiger partial charge < -0.3 is 0 Å². The molecule has 1 N–H and O–H groups in total. The van der Waals surface area contributed by atoms with Crippen LogP contribution < -0.4 is 5.43 Å². The van der Waals surface area contributed by atoms with E-state index in [0.717, 1.165) is 24.0 Å². The van der Waals surface area contributed by atoms with Crippen LogP contribution >= 0.6 is 0 Å². The molecule has 3 nitrogen and oxygen atoms in total. The fraction of sp³-hybridized carbons (Fsp3) is 0.467. The average molecular weight is 246 g/mol. The number of carbonyl (C=O) groups is 1. The Morgan fingerprint density at radius 3 is 2.56 bits per heavy atom. The number of benzene rings is 1. The summed E-state index contributed by atoms with van der Waals surface area (Å²) in [6.45, 7) is 8.19. The van der Waals surface area contributed by atoms with E-state index >= 15 is 0 Å². The lowest BCUT2D eigenvalue weighted by molar-refractivity contribution is 0.0954. The van der Waals surface area contributed by atoms with Gasteiger partial charge in [0.2, 0.25) is 0 Å². The zero-order valence-corrected chi connectivity index (χ0v) is 11.7. The van der Waals surface area contributed by atoms with Gasteiger partial charge in [0.15, 0.2) is 0 Å². The van der Waals surface area contributed by atoms with Gasteiger partial charge in [-0.3, -0.25) is 4.79 Å². The number of nitrogens with zero attached hydrogens (tertiary/aromatic N) is 1. The van der Waals surface area contributed by atoms with E-state index in [2.05, 4.69) is 24.4 Å². The third-order valence-electron chi connectivity index (χ3n) is 3.13. The van der Waals surface area contributed by atoms with Gasteiger partial charge in [0.1, 0.15) is 0 Å². The number of rotatable bonds is 5. The molecule has 0 aliphatic rings. The van der Waals surface area contributed by atoms with Crippen LogP contribution in [-0.4, -0.2) is 12.1 Å². The summed E-state index contributed by atoms with van der Waals surface area (Å²) in [4.78, 5) is 11.9. The van der Waals surface area contributed by atoms with E-state index in [4.69, 9.17) is 0 Å². The highest BCUT2D eigenvalue weighted by Gasteiger charge is 2.07. The third-order valence-corrected chi connectivity index (χ3v) is 3.13. The molecule has 0 aromatic heterocycles. The Kier molecular flexibility index (Phi) is 5.56. The Hall–Kier alpha value is -1.64. The van der Waals surface area contributed by atoms with Crippen molar-refractivity contribution in [2.24, 2.45) is 11.0 Å². The normalized spacial score (nSPS) is 11.2. The summed E-state index contributed by atoms with van der Waals surface area (Å²) in [5.41, 5.74) is 5.41. The average Bonchev–Trinajstić information content (AvgIpc) is 2.34. The van der Waals surface area contributed by atoms with Crippen molar-refractivity contribution < 1.29 is 4.79 Å². The predicted octanol–water partition coefficient (Wildman–Crippen LogP) is 3.46. The van der Waals surface area contributed by atoms with Crippen molar-refractivity contribution in [3.05, 3.63) is 34.9 Å². The van der Waals surface area contributed by atoms with E-state index in [1.165, 1.54) is 0 Å². The second kappa shape index (κ2) is 6.94. The summed E-state index contributed by atoms with van der Waals surface area (Å²) < 4.78 is 0. The molecule has 1 rings (SSSR count). The molecule has 0 fully saturated rings. The van der Waals surface area contributed by atoms with Crippen molar-refractivity contribution in [1.29, 1.82) is 0 Å². The molecule has 98 valence electrons. The van der Waals surface area contributed by atoms with Crippen LogP contribution in [0.25, 0.3) is 0 Å². The van der Waals surface area contributed by atoms with Gasteiger partial charge in [0, 0.05) is 11.8 Å². The standard InChI is InChI=1S/C15H22N2O/c1-5-13(6-2)10-16-17-15(18)14-8-7-11(3)9-12(14)4/h7-10,13H,5-6H2,1-4H3,(H,17,18). The van der Waals surface area contributed by atoms with E-state index in [1.54, 1.807) is 0 Å². The largest absolute Gasteiger partial charge is 0.271 e. The summed E-state index contributed by atoms with van der Waals surface area (Å²) in [6, 6.07) is 5.78. The molecule has 3 heteroatoms. The molecule has 0 spiro atoms. The molecular formula is C15H22N2O. The van der Waals surface area contributed by atoms with E-state index < -0.39 is 0 Å². The highest BCUT2D eigenvalue weighted by Crippen LogP contribution is 2.10. The summed E-state index contributed by atoms with van der Waals surface area (Å²) in [5.74, 6) is 0.291. The molecule has 0 unspecified atom stereocenters. The molecule has 1 aromatic rings. The van der Waals surface area contributed by atoms with Gasteiger partial charge in [-0.25, -0.2) is 5.43 Å². The van der Waals surface area contributed by atoms with E-state index in [0.29, 0.717) is 11.5 Å². The Bertz CT molecular complexity index is 434. The highest BCUT2D eigenvalue weighted by atomic mass is 16.2. The first-order valence-corrected chi connectivity index (χ1v) is 6.49. The smallest absolute Gasteiger partial charge is 0.267 e. The van der Waals surface area contributed by atoms with E-state index in [9.17, 15) is 4.79 Å². The van der Waals surface area contributed by atoms with Crippen LogP contribution in [0.5, 0.6) is 0 Å². The molecule has 0 aliphatic heterocycles. The molecule has 0 bridgehead atoms. The lowest BCUT2D eigenvalue weighted by Crippen LogP contribution is -2.19. The van der Waals surface area contributed by atoms with Gasteiger partial charge in [0.25, 0.3) is 5.91 Å². The number of carbonyl (C=O) groups excluding carboxylic acids is 1. The molecule has 18 heavy (non-hydrogen) atoms. The minimum atomic E-state index is -0.144. The lowest BCUT2D eigenvalue weighted by Gasteiger charge is -2.06. The molecule has 0 aliphatic carbocycles. The van der Waals surface area contributed by atoms with Gasteiger partial charge in [-0.2, -0.15) is 5.10 Å². The van der Waals surface area contributed by atoms with Crippen LogP contribution in [0, 0.1) is 19.8 Å². The van der Waals surface area contributed by atoms with E-state index in [-0.39, 0.29) is 5.91 Å². The Balaban J connectivity index is 2.66. The monoisotopic (exact) mass is 246 g/mol. The van der Waals surface area contributed by atoms with Crippen molar-refractivity contribution in [3.63, 3.8) is 0 Å². The molecule has 0 saturated carbocycles. The molecule has 0 saturated heterocycles. The predicted molar refractivity (Wildman–Crippen MR) is 75.9 cm³/mol. The lowest BCUT2D eigenvalue weighted by atomic mass is 10.1. The van der Waals surface area contributed by atoms with Gasteiger partial charge >= 0.3 is 0 Å². The number of aryl methyl sites for hydroxylation is 2. The molecule has 0 atom stereocenters. The number of amides is 1. The van der Waals surface area contributed by atoms with Crippen LogP contribution in [-0.2, 0) is 0 Å². The van der Waals surface area contributed by atoms with Crippen LogP contribution in [0.3, 0.4) is 0 Å². The molecule has 1 amide bonds. The Morgan fingerprint density at radius 2 is 2.00 bits per heavy atom. The van der Waals surface area contributed by atoms with Gasteiger partial charge in [0.05, 0.1) is 0 Å². The van der Waals surface area contributed by atoms with E-state index in [1.807, 2.05) is 38.3 Å². The highest BCUT2D eigenvalue weighted by molar-refractivity contribution is 5.95. The first-order valence-electron chi connectivity index (χ1n) is 6.49. The van der Waals surface area contributed by atoms with Crippen molar-refractivity contribution in [3.8, 4) is 0 Å². The maximum Gasteiger partial charge on any atom is 0.271 e.